The fraction of sp³-hybridized carbons (Fsp3) is 0.238. The van der Waals surface area contributed by atoms with Gasteiger partial charge in [-0.25, -0.2) is 0 Å². The number of rotatable bonds is 7. The summed E-state index contributed by atoms with van der Waals surface area (Å²) >= 11 is 6.16. The van der Waals surface area contributed by atoms with Gasteiger partial charge in [-0.1, -0.05) is 29.3 Å². The highest BCUT2D eigenvalue weighted by Crippen LogP contribution is 2.36. The quantitative estimate of drug-likeness (QED) is 0.716. The largest absolute Gasteiger partial charge is 0.493 e. The number of nitrogens with zero attached hydrogens (tertiary/aromatic N) is 1. The van der Waals surface area contributed by atoms with E-state index in [2.05, 4.69) is 5.32 Å². The van der Waals surface area contributed by atoms with Crippen LogP contribution in [-0.2, 0) is 9.59 Å². The molecule has 148 valence electrons. The molecular formula is C21H23ClN2O4. The van der Waals surface area contributed by atoms with Gasteiger partial charge in [0.1, 0.15) is 0 Å². The van der Waals surface area contributed by atoms with E-state index in [9.17, 15) is 9.59 Å². The first-order valence-electron chi connectivity index (χ1n) is 8.55. The molecule has 0 atom stereocenters. The second-order valence-electron chi connectivity index (χ2n) is 6.18. The molecule has 2 rings (SSSR count). The predicted octanol–water partition coefficient (Wildman–Crippen LogP) is 3.78. The van der Waals surface area contributed by atoms with Crippen molar-refractivity contribution < 1.29 is 19.1 Å². The number of ether oxygens (including phenoxy) is 2. The lowest BCUT2D eigenvalue weighted by Gasteiger charge is -2.15. The van der Waals surface area contributed by atoms with E-state index in [1.54, 1.807) is 25.3 Å². The molecule has 7 heteroatoms. The summed E-state index contributed by atoms with van der Waals surface area (Å²) in [5, 5.41) is 3.13. The minimum absolute atomic E-state index is 0.0657. The smallest absolute Gasteiger partial charge is 0.246 e. The molecule has 0 aliphatic rings. The maximum atomic E-state index is 12.3. The second-order valence-corrected chi connectivity index (χ2v) is 6.59. The van der Waals surface area contributed by atoms with Crippen LogP contribution in [0, 0.1) is 6.92 Å². The fourth-order valence-corrected chi connectivity index (χ4v) is 2.76. The molecule has 0 aliphatic heterocycles. The summed E-state index contributed by atoms with van der Waals surface area (Å²) in [7, 11) is 4.57. The first kappa shape index (κ1) is 21.3. The van der Waals surface area contributed by atoms with Gasteiger partial charge in [-0.15, -0.1) is 0 Å². The molecule has 0 radical (unpaired) electrons. The van der Waals surface area contributed by atoms with Crippen molar-refractivity contribution in [2.75, 3.05) is 33.1 Å². The van der Waals surface area contributed by atoms with E-state index in [1.807, 2.05) is 31.2 Å². The Morgan fingerprint density at radius 3 is 2.43 bits per heavy atom. The zero-order valence-electron chi connectivity index (χ0n) is 16.3. The third-order valence-corrected chi connectivity index (χ3v) is 4.25. The molecule has 2 aromatic rings. The highest BCUT2D eigenvalue weighted by molar-refractivity contribution is 6.32. The molecule has 0 saturated carbocycles. The Balaban J connectivity index is 1.98. The van der Waals surface area contributed by atoms with Gasteiger partial charge in [0.15, 0.2) is 11.5 Å². The number of carbonyl (C=O) groups is 2. The molecule has 6 nitrogen and oxygen atoms in total. The molecule has 0 fully saturated rings. The molecule has 0 spiro atoms. The molecular weight excluding hydrogens is 380 g/mol. The lowest BCUT2D eigenvalue weighted by molar-refractivity contribution is -0.129. The molecule has 0 aromatic heterocycles. The highest BCUT2D eigenvalue weighted by Gasteiger charge is 2.12. The Bertz CT molecular complexity index is 879. The topological polar surface area (TPSA) is 67.9 Å². The maximum absolute atomic E-state index is 12.3. The minimum Gasteiger partial charge on any atom is -0.493 e. The van der Waals surface area contributed by atoms with Gasteiger partial charge in [0.2, 0.25) is 11.8 Å². The standard InChI is InChI=1S/C21H23ClN2O4/c1-14-5-8-16(9-6-14)23-19(25)13-24(2)20(26)10-7-15-11-17(22)21(28-4)18(12-15)27-3/h5-12H,13H2,1-4H3,(H,23,25)/b10-7+. The van der Waals surface area contributed by atoms with Crippen LogP contribution in [0.15, 0.2) is 42.5 Å². The van der Waals surface area contributed by atoms with Crippen molar-refractivity contribution in [3.63, 3.8) is 0 Å². The Kier molecular flexibility index (Phi) is 7.46. The van der Waals surface area contributed by atoms with Crippen molar-refractivity contribution >= 4 is 35.2 Å². The zero-order chi connectivity index (χ0) is 20.7. The molecule has 0 aliphatic carbocycles. The monoisotopic (exact) mass is 402 g/mol. The van der Waals surface area contributed by atoms with Crippen LogP contribution in [0.4, 0.5) is 5.69 Å². The van der Waals surface area contributed by atoms with Crippen LogP contribution in [-0.4, -0.2) is 44.5 Å². The average molecular weight is 403 g/mol. The van der Waals surface area contributed by atoms with Crippen LogP contribution < -0.4 is 14.8 Å². The van der Waals surface area contributed by atoms with E-state index in [1.165, 1.54) is 25.2 Å². The van der Waals surface area contributed by atoms with Gasteiger partial charge in [-0.2, -0.15) is 0 Å². The molecule has 2 amide bonds. The summed E-state index contributed by atoms with van der Waals surface area (Å²) in [5.74, 6) is 0.303. The van der Waals surface area contributed by atoms with E-state index >= 15 is 0 Å². The Morgan fingerprint density at radius 2 is 1.82 bits per heavy atom. The number of anilines is 1. The van der Waals surface area contributed by atoms with Gasteiger partial charge >= 0.3 is 0 Å². The molecule has 1 N–H and O–H groups in total. The number of aryl methyl sites for hydroxylation is 1. The van der Waals surface area contributed by atoms with E-state index in [4.69, 9.17) is 21.1 Å². The van der Waals surface area contributed by atoms with Crippen molar-refractivity contribution in [1.82, 2.24) is 4.90 Å². The van der Waals surface area contributed by atoms with Gasteiger partial charge in [0.25, 0.3) is 0 Å². The molecule has 0 saturated heterocycles. The molecule has 2 aromatic carbocycles. The molecule has 0 heterocycles. The van der Waals surface area contributed by atoms with Crippen LogP contribution in [0.5, 0.6) is 11.5 Å². The summed E-state index contributed by atoms with van der Waals surface area (Å²) in [5.41, 5.74) is 2.46. The average Bonchev–Trinajstić information content (AvgIpc) is 2.67. The van der Waals surface area contributed by atoms with Crippen LogP contribution in [0.25, 0.3) is 6.08 Å². The zero-order valence-corrected chi connectivity index (χ0v) is 17.0. The summed E-state index contributed by atoms with van der Waals surface area (Å²) in [6, 6.07) is 10.8. The van der Waals surface area contributed by atoms with E-state index in [-0.39, 0.29) is 18.4 Å². The number of hydrogen-bond acceptors (Lipinski definition) is 4. The molecule has 0 bridgehead atoms. The van der Waals surface area contributed by atoms with Crippen molar-refractivity contribution in [2.24, 2.45) is 0 Å². The third-order valence-electron chi connectivity index (χ3n) is 3.97. The van der Waals surface area contributed by atoms with Gasteiger partial charge in [0.05, 0.1) is 25.8 Å². The minimum atomic E-state index is -0.315. The Morgan fingerprint density at radius 1 is 1.14 bits per heavy atom. The Labute approximate surface area is 169 Å². The van der Waals surface area contributed by atoms with Crippen molar-refractivity contribution in [2.45, 2.75) is 6.92 Å². The van der Waals surface area contributed by atoms with Gasteiger partial charge in [-0.3, -0.25) is 9.59 Å². The number of methoxy groups -OCH3 is 2. The molecule has 28 heavy (non-hydrogen) atoms. The van der Waals surface area contributed by atoms with Crippen LogP contribution in [0.3, 0.4) is 0 Å². The number of amides is 2. The van der Waals surface area contributed by atoms with Gasteiger partial charge < -0.3 is 19.7 Å². The van der Waals surface area contributed by atoms with E-state index < -0.39 is 0 Å². The first-order chi connectivity index (χ1) is 13.3. The van der Waals surface area contributed by atoms with Crippen LogP contribution in [0.1, 0.15) is 11.1 Å². The van der Waals surface area contributed by atoms with E-state index in [0.29, 0.717) is 27.8 Å². The summed E-state index contributed by atoms with van der Waals surface area (Å²) in [6.45, 7) is 1.90. The normalized spacial score (nSPS) is 10.6. The summed E-state index contributed by atoms with van der Waals surface area (Å²) < 4.78 is 10.4. The Hall–Kier alpha value is -2.99. The van der Waals surface area contributed by atoms with Crippen molar-refractivity contribution in [3.8, 4) is 11.5 Å². The number of nitrogens with one attached hydrogen (secondary N) is 1. The number of benzene rings is 2. The van der Waals surface area contributed by atoms with Crippen molar-refractivity contribution in [3.05, 3.63) is 58.6 Å². The second kappa shape index (κ2) is 9.80. The lowest BCUT2D eigenvalue weighted by Crippen LogP contribution is -2.33. The predicted molar refractivity (Wildman–Crippen MR) is 111 cm³/mol. The first-order valence-corrected chi connectivity index (χ1v) is 8.93. The number of hydrogen-bond donors (Lipinski definition) is 1. The number of likely N-dealkylation sites (N-methyl/N-ethyl adjacent to an activating group) is 1. The summed E-state index contributed by atoms with van der Waals surface area (Å²) in [4.78, 5) is 25.7. The molecule has 0 unspecified atom stereocenters. The van der Waals surface area contributed by atoms with Crippen molar-refractivity contribution in [1.29, 1.82) is 0 Å². The summed E-state index contributed by atoms with van der Waals surface area (Å²) in [6.07, 6.45) is 2.97. The fourth-order valence-electron chi connectivity index (χ4n) is 2.46. The number of halogens is 1. The van der Waals surface area contributed by atoms with Gasteiger partial charge in [-0.05, 0) is 42.8 Å². The number of carbonyl (C=O) groups excluding carboxylic acids is 2. The van der Waals surface area contributed by atoms with E-state index in [0.717, 1.165) is 5.56 Å². The van der Waals surface area contributed by atoms with Crippen LogP contribution >= 0.6 is 11.6 Å². The maximum Gasteiger partial charge on any atom is 0.246 e. The highest BCUT2D eigenvalue weighted by atomic mass is 35.5. The van der Waals surface area contributed by atoms with Gasteiger partial charge in [0, 0.05) is 18.8 Å². The third kappa shape index (κ3) is 5.76. The lowest BCUT2D eigenvalue weighted by atomic mass is 10.2. The SMILES string of the molecule is COc1cc(/C=C/C(=O)N(C)CC(=O)Nc2ccc(C)cc2)cc(Cl)c1OC. The van der Waals surface area contributed by atoms with Crippen LogP contribution in [0.2, 0.25) is 5.02 Å².